The highest BCUT2D eigenvalue weighted by atomic mass is 19.4. The van der Waals surface area contributed by atoms with Gasteiger partial charge in [0.25, 0.3) is 0 Å². The third-order valence-corrected chi connectivity index (χ3v) is 3.82. The Morgan fingerprint density at radius 3 is 2.42 bits per heavy atom. The maximum atomic E-state index is 13.0. The summed E-state index contributed by atoms with van der Waals surface area (Å²) in [6.45, 7) is 3.79. The van der Waals surface area contributed by atoms with Gasteiger partial charge in [-0.3, -0.25) is 0 Å². The lowest BCUT2D eigenvalue weighted by Gasteiger charge is -2.17. The normalized spacial score (nSPS) is 12.3. The lowest BCUT2D eigenvalue weighted by atomic mass is 10.1. The van der Waals surface area contributed by atoms with Crippen molar-refractivity contribution in [1.82, 2.24) is 0 Å². The number of hydrogen-bond acceptors (Lipinski definition) is 4. The summed E-state index contributed by atoms with van der Waals surface area (Å²) in [5.41, 5.74) is 0.592. The summed E-state index contributed by atoms with van der Waals surface area (Å²) in [5, 5.41) is 21.5. The van der Waals surface area contributed by atoms with Crippen molar-refractivity contribution in [3.63, 3.8) is 0 Å². The topological polar surface area (TPSA) is 65.3 Å². The molecule has 0 aliphatic rings. The van der Waals surface area contributed by atoms with Crippen molar-refractivity contribution in [2.45, 2.75) is 26.1 Å². The molecule has 0 saturated heterocycles. The second kappa shape index (κ2) is 8.11. The van der Waals surface area contributed by atoms with Gasteiger partial charge in [0, 0.05) is 12.2 Å². The fraction of sp³-hybridized carbons (Fsp3) is 0.316. The van der Waals surface area contributed by atoms with Gasteiger partial charge in [-0.25, -0.2) is 0 Å². The molecule has 0 aromatic heterocycles. The molecule has 0 amide bonds. The Morgan fingerprint density at radius 2 is 1.85 bits per heavy atom. The van der Waals surface area contributed by atoms with Crippen molar-refractivity contribution in [3.05, 3.63) is 58.7 Å². The summed E-state index contributed by atoms with van der Waals surface area (Å²) in [4.78, 5) is 0. The van der Waals surface area contributed by atoms with E-state index in [1.165, 1.54) is 12.1 Å². The van der Waals surface area contributed by atoms with Crippen LogP contribution in [0.4, 0.5) is 18.9 Å². The highest BCUT2D eigenvalue weighted by molar-refractivity contribution is 5.53. The third-order valence-electron chi connectivity index (χ3n) is 3.82. The molecule has 2 aromatic carbocycles. The highest BCUT2D eigenvalue weighted by Gasteiger charge is 2.33. The largest absolute Gasteiger partial charge is 0.490 e. The SMILES string of the molecule is Cc1cccc(C)c1OCC(O)CNc1ccc(C#N)c(C(F)(F)F)c1. The van der Waals surface area contributed by atoms with E-state index < -0.39 is 23.4 Å². The zero-order valence-corrected chi connectivity index (χ0v) is 14.4. The first-order valence-electron chi connectivity index (χ1n) is 7.94. The molecule has 26 heavy (non-hydrogen) atoms. The number of nitrogens with zero attached hydrogens (tertiary/aromatic N) is 1. The minimum atomic E-state index is -4.62. The number of ether oxygens (including phenoxy) is 1. The molecule has 0 fully saturated rings. The van der Waals surface area contributed by atoms with Crippen LogP contribution < -0.4 is 10.1 Å². The molecule has 0 aliphatic carbocycles. The molecule has 2 N–H and O–H groups in total. The predicted molar refractivity (Wildman–Crippen MR) is 92.1 cm³/mol. The molecule has 2 rings (SSSR count). The smallest absolute Gasteiger partial charge is 0.417 e. The van der Waals surface area contributed by atoms with Crippen LogP contribution in [0.2, 0.25) is 0 Å². The number of alkyl halides is 3. The molecule has 0 radical (unpaired) electrons. The molecule has 0 bridgehead atoms. The van der Waals surface area contributed by atoms with E-state index in [0.29, 0.717) is 5.75 Å². The Hall–Kier alpha value is -2.72. The van der Waals surface area contributed by atoms with Gasteiger partial charge in [0.15, 0.2) is 0 Å². The van der Waals surface area contributed by atoms with Crippen LogP contribution in [0.1, 0.15) is 22.3 Å². The van der Waals surface area contributed by atoms with Gasteiger partial charge in [-0.2, -0.15) is 18.4 Å². The van der Waals surface area contributed by atoms with E-state index in [9.17, 15) is 18.3 Å². The van der Waals surface area contributed by atoms with Gasteiger partial charge < -0.3 is 15.2 Å². The Morgan fingerprint density at radius 1 is 1.19 bits per heavy atom. The molecule has 0 saturated carbocycles. The molecule has 1 atom stereocenters. The summed E-state index contributed by atoms with van der Waals surface area (Å²) in [7, 11) is 0. The van der Waals surface area contributed by atoms with Crippen LogP contribution in [0.25, 0.3) is 0 Å². The molecular formula is C19H19F3N2O2. The number of rotatable bonds is 6. The van der Waals surface area contributed by atoms with Gasteiger partial charge in [0.2, 0.25) is 0 Å². The lowest BCUT2D eigenvalue weighted by molar-refractivity contribution is -0.137. The summed E-state index contributed by atoms with van der Waals surface area (Å²) in [6.07, 6.45) is -5.54. The maximum Gasteiger partial charge on any atom is 0.417 e. The summed E-state index contributed by atoms with van der Waals surface area (Å²) in [6, 6.07) is 10.5. The first-order chi connectivity index (χ1) is 12.2. The molecule has 1 unspecified atom stereocenters. The Kier molecular flexibility index (Phi) is 6.11. The zero-order chi connectivity index (χ0) is 19.3. The fourth-order valence-corrected chi connectivity index (χ4v) is 2.49. The van der Waals surface area contributed by atoms with Gasteiger partial charge in [-0.15, -0.1) is 0 Å². The minimum absolute atomic E-state index is 0.00109. The van der Waals surface area contributed by atoms with Crippen molar-refractivity contribution in [3.8, 4) is 11.8 Å². The first-order valence-corrected chi connectivity index (χ1v) is 7.94. The molecule has 0 aliphatic heterocycles. The van der Waals surface area contributed by atoms with Crippen LogP contribution in [-0.2, 0) is 6.18 Å². The Bertz CT molecular complexity index is 793. The number of benzene rings is 2. The van der Waals surface area contributed by atoms with E-state index >= 15 is 0 Å². The van der Waals surface area contributed by atoms with Crippen LogP contribution in [0.3, 0.4) is 0 Å². The molecular weight excluding hydrogens is 345 g/mol. The Balaban J connectivity index is 1.97. The van der Waals surface area contributed by atoms with Crippen LogP contribution >= 0.6 is 0 Å². The molecule has 138 valence electrons. The summed E-state index contributed by atoms with van der Waals surface area (Å²) in [5.74, 6) is 0.685. The number of halogens is 3. The third kappa shape index (κ3) is 4.90. The van der Waals surface area contributed by atoms with E-state index in [2.05, 4.69) is 5.32 Å². The average molecular weight is 364 g/mol. The van der Waals surface area contributed by atoms with Crippen LogP contribution in [0, 0.1) is 25.2 Å². The quantitative estimate of drug-likeness (QED) is 0.812. The molecule has 4 nitrogen and oxygen atoms in total. The van der Waals surface area contributed by atoms with Crippen molar-refractivity contribution < 1.29 is 23.0 Å². The highest BCUT2D eigenvalue weighted by Crippen LogP contribution is 2.33. The zero-order valence-electron chi connectivity index (χ0n) is 14.4. The van der Waals surface area contributed by atoms with E-state index in [1.807, 2.05) is 32.0 Å². The van der Waals surface area contributed by atoms with E-state index in [-0.39, 0.29) is 18.8 Å². The number of aryl methyl sites for hydroxylation is 2. The molecule has 2 aromatic rings. The van der Waals surface area contributed by atoms with Crippen LogP contribution in [-0.4, -0.2) is 24.4 Å². The van der Waals surface area contributed by atoms with Crippen LogP contribution in [0.5, 0.6) is 5.75 Å². The van der Waals surface area contributed by atoms with E-state index in [1.54, 1.807) is 0 Å². The number of nitrogens with one attached hydrogen (secondary N) is 1. The second-order valence-electron chi connectivity index (χ2n) is 5.94. The lowest BCUT2D eigenvalue weighted by Crippen LogP contribution is -2.26. The average Bonchev–Trinajstić information content (AvgIpc) is 2.58. The monoisotopic (exact) mass is 364 g/mol. The van der Waals surface area contributed by atoms with E-state index in [4.69, 9.17) is 10.00 Å². The summed E-state index contributed by atoms with van der Waals surface area (Å²) < 4.78 is 44.5. The summed E-state index contributed by atoms with van der Waals surface area (Å²) >= 11 is 0. The first kappa shape index (κ1) is 19.6. The Labute approximate surface area is 149 Å². The van der Waals surface area contributed by atoms with Gasteiger partial charge in [-0.05, 0) is 43.2 Å². The number of anilines is 1. The van der Waals surface area contributed by atoms with Crippen molar-refractivity contribution >= 4 is 5.69 Å². The molecule has 0 heterocycles. The van der Waals surface area contributed by atoms with Gasteiger partial charge in [0.05, 0.1) is 17.2 Å². The van der Waals surface area contributed by atoms with Crippen LogP contribution in [0.15, 0.2) is 36.4 Å². The van der Waals surface area contributed by atoms with Gasteiger partial charge >= 0.3 is 6.18 Å². The maximum absolute atomic E-state index is 13.0. The second-order valence-corrected chi connectivity index (χ2v) is 5.94. The fourth-order valence-electron chi connectivity index (χ4n) is 2.49. The van der Waals surface area contributed by atoms with Crippen molar-refractivity contribution in [1.29, 1.82) is 5.26 Å². The number of aliphatic hydroxyl groups is 1. The number of hydrogen-bond donors (Lipinski definition) is 2. The van der Waals surface area contributed by atoms with E-state index in [0.717, 1.165) is 23.3 Å². The standard InChI is InChI=1S/C19H19F3N2O2/c1-12-4-3-5-13(2)18(12)26-11-16(25)10-24-15-7-6-14(9-23)17(8-15)19(20,21)22/h3-8,16,24-25H,10-11H2,1-2H3. The van der Waals surface area contributed by atoms with Crippen molar-refractivity contribution in [2.24, 2.45) is 0 Å². The van der Waals surface area contributed by atoms with Gasteiger partial charge in [0.1, 0.15) is 18.5 Å². The number of nitriles is 1. The predicted octanol–water partition coefficient (Wildman–Crippen LogP) is 4.05. The van der Waals surface area contributed by atoms with Gasteiger partial charge in [-0.1, -0.05) is 18.2 Å². The molecule has 0 spiro atoms. The minimum Gasteiger partial charge on any atom is -0.490 e. The van der Waals surface area contributed by atoms with Crippen molar-refractivity contribution in [2.75, 3.05) is 18.5 Å². The molecule has 7 heteroatoms. The number of aliphatic hydroxyl groups excluding tert-OH is 1. The number of para-hydroxylation sites is 1.